The number of hydrogen-bond acceptors (Lipinski definition) is 3. The molecule has 0 radical (unpaired) electrons. The normalized spacial score (nSPS) is 16.4. The van der Waals surface area contributed by atoms with Gasteiger partial charge >= 0.3 is 0 Å². The van der Waals surface area contributed by atoms with Crippen LogP contribution in [0.5, 0.6) is 5.75 Å². The zero-order valence-corrected chi connectivity index (χ0v) is 19.1. The minimum Gasteiger partial charge on any atom is -0.491 e. The van der Waals surface area contributed by atoms with Crippen LogP contribution in [0.2, 0.25) is 5.02 Å². The van der Waals surface area contributed by atoms with Crippen molar-refractivity contribution in [2.75, 3.05) is 13.1 Å². The van der Waals surface area contributed by atoms with Gasteiger partial charge in [0, 0.05) is 41.3 Å². The highest BCUT2D eigenvalue weighted by Gasteiger charge is 2.30. The van der Waals surface area contributed by atoms with E-state index in [1.54, 1.807) is 28.6 Å². The van der Waals surface area contributed by atoms with E-state index in [0.29, 0.717) is 23.7 Å². The third-order valence-electron chi connectivity index (χ3n) is 5.64. The predicted molar refractivity (Wildman–Crippen MR) is 121 cm³/mol. The van der Waals surface area contributed by atoms with Gasteiger partial charge in [-0.3, -0.25) is 0 Å². The SMILES string of the molecule is Cc1cn(C2CCN(S(=O)(=O)c3ccc(OC(C)C)cc3)CC2)c2ccc(Cl)cc12. The largest absolute Gasteiger partial charge is 0.491 e. The number of ether oxygens (including phenoxy) is 1. The molecule has 0 spiro atoms. The molecule has 5 nitrogen and oxygen atoms in total. The number of rotatable bonds is 5. The Balaban J connectivity index is 1.49. The Morgan fingerprint density at radius 2 is 1.73 bits per heavy atom. The summed E-state index contributed by atoms with van der Waals surface area (Å²) in [4.78, 5) is 0.314. The van der Waals surface area contributed by atoms with Gasteiger partial charge in [0.1, 0.15) is 5.75 Å². The molecule has 1 aliphatic rings. The standard InChI is InChI=1S/C23H27ClN2O3S/c1-16(2)29-20-5-7-21(8-6-20)30(27,28)25-12-10-19(11-13-25)26-15-17(3)22-14-18(24)4-9-23(22)26/h4-9,14-16,19H,10-13H2,1-3H3. The minimum atomic E-state index is -3.50. The average molecular weight is 447 g/mol. The van der Waals surface area contributed by atoms with E-state index in [2.05, 4.69) is 23.8 Å². The van der Waals surface area contributed by atoms with E-state index < -0.39 is 10.0 Å². The van der Waals surface area contributed by atoms with Gasteiger partial charge in [-0.2, -0.15) is 4.31 Å². The van der Waals surface area contributed by atoms with Crippen LogP contribution in [0, 0.1) is 6.92 Å². The van der Waals surface area contributed by atoms with E-state index in [-0.39, 0.29) is 12.1 Å². The highest BCUT2D eigenvalue weighted by Crippen LogP contribution is 2.33. The van der Waals surface area contributed by atoms with Crippen LogP contribution in [0.3, 0.4) is 0 Å². The summed E-state index contributed by atoms with van der Waals surface area (Å²) in [6, 6.07) is 12.9. The molecule has 2 aromatic carbocycles. The molecule has 0 aliphatic carbocycles. The topological polar surface area (TPSA) is 51.5 Å². The molecule has 30 heavy (non-hydrogen) atoms. The first-order chi connectivity index (χ1) is 14.3. The van der Waals surface area contributed by atoms with Crippen LogP contribution in [0.4, 0.5) is 0 Å². The van der Waals surface area contributed by atoms with Gasteiger partial charge in [-0.05, 0) is 81.6 Å². The van der Waals surface area contributed by atoms with Gasteiger partial charge in [0.2, 0.25) is 10.0 Å². The number of nitrogens with zero attached hydrogens (tertiary/aromatic N) is 2. The molecule has 3 aromatic rings. The molecule has 7 heteroatoms. The number of halogens is 1. The van der Waals surface area contributed by atoms with Gasteiger partial charge in [0.05, 0.1) is 11.0 Å². The smallest absolute Gasteiger partial charge is 0.243 e. The van der Waals surface area contributed by atoms with Crippen LogP contribution in [-0.4, -0.2) is 36.5 Å². The summed E-state index contributed by atoms with van der Waals surface area (Å²) < 4.78 is 35.7. The Kier molecular flexibility index (Phi) is 5.84. The summed E-state index contributed by atoms with van der Waals surface area (Å²) in [5, 5.41) is 1.88. The number of aromatic nitrogens is 1. The van der Waals surface area contributed by atoms with E-state index >= 15 is 0 Å². The summed E-state index contributed by atoms with van der Waals surface area (Å²) >= 11 is 6.16. The molecule has 1 aromatic heterocycles. The Bertz CT molecular complexity index is 1150. The maximum absolute atomic E-state index is 13.1. The van der Waals surface area contributed by atoms with Crippen molar-refractivity contribution in [2.45, 2.75) is 50.7 Å². The van der Waals surface area contributed by atoms with Crippen molar-refractivity contribution in [3.63, 3.8) is 0 Å². The van der Waals surface area contributed by atoms with Gasteiger partial charge < -0.3 is 9.30 Å². The molecule has 1 aliphatic heterocycles. The van der Waals surface area contributed by atoms with Crippen molar-refractivity contribution < 1.29 is 13.2 Å². The van der Waals surface area contributed by atoms with Crippen LogP contribution >= 0.6 is 11.6 Å². The highest BCUT2D eigenvalue weighted by molar-refractivity contribution is 7.89. The van der Waals surface area contributed by atoms with Crippen molar-refractivity contribution >= 4 is 32.5 Å². The first-order valence-electron chi connectivity index (χ1n) is 10.3. The predicted octanol–water partition coefficient (Wildman–Crippen LogP) is 5.42. The molecule has 0 amide bonds. The van der Waals surface area contributed by atoms with E-state index in [1.165, 1.54) is 5.56 Å². The Labute approximate surface area is 183 Å². The van der Waals surface area contributed by atoms with Gasteiger partial charge in [-0.25, -0.2) is 8.42 Å². The molecule has 1 fully saturated rings. The first kappa shape index (κ1) is 21.2. The lowest BCUT2D eigenvalue weighted by Crippen LogP contribution is -2.38. The van der Waals surface area contributed by atoms with E-state index in [0.717, 1.165) is 28.8 Å². The maximum atomic E-state index is 13.1. The molecule has 0 atom stereocenters. The van der Waals surface area contributed by atoms with E-state index in [9.17, 15) is 8.42 Å². The van der Waals surface area contributed by atoms with Crippen LogP contribution < -0.4 is 4.74 Å². The molecule has 0 N–H and O–H groups in total. The van der Waals surface area contributed by atoms with Crippen molar-refractivity contribution in [3.05, 3.63) is 59.2 Å². The van der Waals surface area contributed by atoms with Crippen LogP contribution in [-0.2, 0) is 10.0 Å². The second-order valence-electron chi connectivity index (χ2n) is 8.15. The second-order valence-corrected chi connectivity index (χ2v) is 10.5. The summed E-state index contributed by atoms with van der Waals surface area (Å²) in [7, 11) is -3.50. The molecule has 0 unspecified atom stereocenters. The lowest BCUT2D eigenvalue weighted by atomic mass is 10.1. The zero-order chi connectivity index (χ0) is 21.5. The molecule has 160 valence electrons. The van der Waals surface area contributed by atoms with E-state index in [1.807, 2.05) is 26.0 Å². The van der Waals surface area contributed by atoms with Crippen LogP contribution in [0.15, 0.2) is 53.6 Å². The number of hydrogen-bond donors (Lipinski definition) is 0. The van der Waals surface area contributed by atoms with Crippen molar-refractivity contribution in [3.8, 4) is 5.75 Å². The summed E-state index contributed by atoms with van der Waals surface area (Å²) in [5.41, 5.74) is 2.34. The number of piperidine rings is 1. The van der Waals surface area contributed by atoms with Crippen molar-refractivity contribution in [1.29, 1.82) is 0 Å². The van der Waals surface area contributed by atoms with Crippen LogP contribution in [0.25, 0.3) is 10.9 Å². The van der Waals surface area contributed by atoms with Gasteiger partial charge in [0.25, 0.3) is 0 Å². The number of aryl methyl sites for hydroxylation is 1. The van der Waals surface area contributed by atoms with Gasteiger partial charge in [-0.1, -0.05) is 11.6 Å². The Hall–Kier alpha value is -2.02. The van der Waals surface area contributed by atoms with Crippen LogP contribution in [0.1, 0.15) is 38.3 Å². The Morgan fingerprint density at radius 3 is 2.37 bits per heavy atom. The molecule has 0 saturated carbocycles. The zero-order valence-electron chi connectivity index (χ0n) is 17.5. The third-order valence-corrected chi connectivity index (χ3v) is 7.79. The summed E-state index contributed by atoms with van der Waals surface area (Å²) in [5.74, 6) is 0.678. The first-order valence-corrected chi connectivity index (χ1v) is 12.1. The van der Waals surface area contributed by atoms with Crippen molar-refractivity contribution in [2.24, 2.45) is 0 Å². The number of sulfonamides is 1. The lowest BCUT2D eigenvalue weighted by molar-refractivity contribution is 0.242. The van der Waals surface area contributed by atoms with E-state index in [4.69, 9.17) is 16.3 Å². The van der Waals surface area contributed by atoms with Gasteiger partial charge in [0.15, 0.2) is 0 Å². The Morgan fingerprint density at radius 1 is 1.07 bits per heavy atom. The molecule has 2 heterocycles. The molecule has 1 saturated heterocycles. The molecule has 4 rings (SSSR count). The quantitative estimate of drug-likeness (QED) is 0.526. The summed E-state index contributed by atoms with van der Waals surface area (Å²) in [6.07, 6.45) is 3.76. The maximum Gasteiger partial charge on any atom is 0.243 e. The number of fused-ring (bicyclic) bond motifs is 1. The fraction of sp³-hybridized carbons (Fsp3) is 0.391. The minimum absolute atomic E-state index is 0.0518. The molecule has 0 bridgehead atoms. The molecular formula is C23H27ClN2O3S. The van der Waals surface area contributed by atoms with Crippen molar-refractivity contribution in [1.82, 2.24) is 8.87 Å². The highest BCUT2D eigenvalue weighted by atomic mass is 35.5. The fourth-order valence-electron chi connectivity index (χ4n) is 4.17. The van der Waals surface area contributed by atoms with Gasteiger partial charge in [-0.15, -0.1) is 0 Å². The number of benzene rings is 2. The second kappa shape index (κ2) is 8.25. The average Bonchev–Trinajstić information content (AvgIpc) is 3.04. The monoisotopic (exact) mass is 446 g/mol. The molecular weight excluding hydrogens is 420 g/mol. The fourth-order valence-corrected chi connectivity index (χ4v) is 5.81. The lowest BCUT2D eigenvalue weighted by Gasteiger charge is -2.32. The summed E-state index contributed by atoms with van der Waals surface area (Å²) in [6.45, 7) is 6.98. The third kappa shape index (κ3) is 4.09.